The summed E-state index contributed by atoms with van der Waals surface area (Å²) in [6, 6.07) is -0.867. The van der Waals surface area contributed by atoms with Gasteiger partial charge in [-0.1, -0.05) is 0 Å². The monoisotopic (exact) mass is 643 g/mol. The number of fused-ring (bicyclic) bond motifs is 2. The summed E-state index contributed by atoms with van der Waals surface area (Å²) in [4.78, 5) is 45.5. The number of hydrogen-bond acceptors (Lipinski definition) is 16. The van der Waals surface area contributed by atoms with E-state index in [2.05, 4.69) is 29.9 Å². The molecule has 10 N–H and O–H groups in total. The first-order valence-electron chi connectivity index (χ1n) is 12.8. The summed E-state index contributed by atoms with van der Waals surface area (Å²) in [7, 11) is 0. The van der Waals surface area contributed by atoms with E-state index in [0.717, 1.165) is 6.33 Å². The van der Waals surface area contributed by atoms with Crippen LogP contribution in [0.3, 0.4) is 0 Å². The molecular weight excluding hydrogens is 616 g/mol. The number of nitrogen functional groups attached to an aromatic ring is 2. The third-order valence-electron chi connectivity index (χ3n) is 7.17. The molecule has 2 fully saturated rings. The Morgan fingerprint density at radius 3 is 2.53 bits per heavy atom. The Morgan fingerprint density at radius 1 is 1.09 bits per heavy atom. The van der Waals surface area contributed by atoms with E-state index in [9.17, 15) is 19.9 Å². The van der Waals surface area contributed by atoms with Gasteiger partial charge in [-0.05, 0) is 18.2 Å². The number of aromatic amines is 1. The summed E-state index contributed by atoms with van der Waals surface area (Å²) in [6.45, 7) is -5.11. The molecule has 0 bridgehead atoms. The van der Waals surface area contributed by atoms with Crippen LogP contribution in [-0.2, 0) is 30.3 Å². The van der Waals surface area contributed by atoms with Crippen molar-refractivity contribution in [2.75, 3.05) is 24.7 Å². The Bertz CT molecular complexity index is 1760. The van der Waals surface area contributed by atoms with E-state index in [4.69, 9.17) is 47.5 Å². The van der Waals surface area contributed by atoms with Crippen LogP contribution >= 0.6 is 6.72 Å². The molecule has 0 aliphatic carbocycles. The fraction of sp³-hybridized carbons (Fsp3) is 0.524. The van der Waals surface area contributed by atoms with Crippen LogP contribution in [0, 0.1) is 0 Å². The Kier molecular flexibility index (Phi) is 7.87. The van der Waals surface area contributed by atoms with E-state index < -0.39 is 68.0 Å². The predicted molar refractivity (Wildman–Crippen MR) is 148 cm³/mol. The lowest BCUT2D eigenvalue weighted by atomic mass is 10.1. The zero-order valence-corrected chi connectivity index (χ0v) is 23.7. The summed E-state index contributed by atoms with van der Waals surface area (Å²) in [6.07, 6.45) is -5.27. The number of aliphatic hydroxyl groups excluding tert-OH is 2. The van der Waals surface area contributed by atoms with Gasteiger partial charge in [0, 0.05) is 0 Å². The van der Waals surface area contributed by atoms with Crippen LogP contribution in [0.25, 0.3) is 22.3 Å². The maximum atomic E-state index is 15.3. The zero-order valence-electron chi connectivity index (χ0n) is 22.0. The van der Waals surface area contributed by atoms with Crippen LogP contribution in [0.1, 0.15) is 18.9 Å². The molecule has 9 atom stereocenters. The molecule has 0 saturated carbocycles. The van der Waals surface area contributed by atoms with Gasteiger partial charge in [0.25, 0.3) is 5.56 Å². The van der Waals surface area contributed by atoms with E-state index in [-0.39, 0.29) is 36.0 Å². The largest absolute Gasteiger partial charge is 0.394 e. The van der Waals surface area contributed by atoms with Crippen molar-refractivity contribution in [2.45, 2.75) is 55.5 Å². The van der Waals surface area contributed by atoms with Crippen molar-refractivity contribution in [3.63, 3.8) is 0 Å². The summed E-state index contributed by atoms with van der Waals surface area (Å²) >= 11 is 5.14. The molecule has 4 aromatic heterocycles. The Labute approximate surface area is 245 Å². The summed E-state index contributed by atoms with van der Waals surface area (Å²) in [5, 5.41) is 20.4. The van der Waals surface area contributed by atoms with Gasteiger partial charge in [-0.2, -0.15) is 4.98 Å². The highest BCUT2D eigenvalue weighted by molar-refractivity contribution is 8.07. The number of ether oxygens (including phenoxy) is 2. The Morgan fingerprint density at radius 2 is 1.79 bits per heavy atom. The molecule has 6 heterocycles. The number of nitrogens with zero attached hydrogens (tertiary/aromatic N) is 7. The fourth-order valence-corrected chi connectivity index (χ4v) is 6.53. The molecule has 2 saturated heterocycles. The summed E-state index contributed by atoms with van der Waals surface area (Å²) in [5.74, 6) is -0.0654. The minimum Gasteiger partial charge on any atom is -0.394 e. The van der Waals surface area contributed by atoms with Gasteiger partial charge in [0.15, 0.2) is 41.3 Å². The van der Waals surface area contributed by atoms with Crippen LogP contribution in [-0.4, -0.2) is 104 Å². The number of rotatable bonds is 9. The second-order valence-corrected chi connectivity index (χ2v) is 12.6. The van der Waals surface area contributed by atoms with Gasteiger partial charge in [-0.3, -0.25) is 23.4 Å². The number of halogens is 1. The number of nitrogens with two attached hydrogens (primary N) is 3. The maximum Gasteiger partial charge on any atom is 0.325 e. The first-order valence-corrected chi connectivity index (χ1v) is 15.4. The van der Waals surface area contributed by atoms with Crippen molar-refractivity contribution >= 4 is 52.6 Å². The van der Waals surface area contributed by atoms with E-state index in [1.807, 2.05) is 0 Å². The normalized spacial score (nSPS) is 30.8. The molecule has 4 aromatic rings. The molecule has 0 aromatic carbocycles. The lowest BCUT2D eigenvalue weighted by Crippen LogP contribution is -2.40. The molecule has 0 spiro atoms. The number of anilines is 2. The van der Waals surface area contributed by atoms with Crippen molar-refractivity contribution in [3.8, 4) is 0 Å². The molecule has 2 aliphatic heterocycles. The number of aliphatic hydroxyl groups is 2. The molecule has 2 aliphatic rings. The van der Waals surface area contributed by atoms with Crippen molar-refractivity contribution in [1.82, 2.24) is 39.0 Å². The molecule has 43 heavy (non-hydrogen) atoms. The van der Waals surface area contributed by atoms with Gasteiger partial charge >= 0.3 is 6.72 Å². The Balaban J connectivity index is 1.13. The quantitative estimate of drug-likeness (QED) is 0.0966. The van der Waals surface area contributed by atoms with Crippen LogP contribution < -0.4 is 22.8 Å². The first kappa shape index (κ1) is 29.8. The standard InChI is InChI=1S/C21H27FN11O8PS/c22-9-8(3-34)40-20(33-6-29-12-17(33)30-21(25)31-18(12)36)14(9)41-42(37,43)38-2-1-7-10(23)13(35)19(39-7)32-5-28-11-15(24)26-4-27-16(11)32/h4-10,13-14,19-20,34-35H,1-3,23H2,(H,37,43)(H2,24,26,27)(H3,25,30,31,36)/t7-,8-,9-,10-,13-,14-,19-,20-,42?/m1/s1. The van der Waals surface area contributed by atoms with Gasteiger partial charge in [-0.15, -0.1) is 0 Å². The smallest absolute Gasteiger partial charge is 0.325 e. The maximum absolute atomic E-state index is 15.3. The Hall–Kier alpha value is -3.24. The SMILES string of the molecule is Nc1nc2c(ncn2[C@@H]2O[C@H](CO)[C@@H](F)[C@H]2OP(O)(=S)OCC[C@H]2O[C@@H](n3cnc4c(N)ncnc43)[C@H](O)[C@@H]2N)c(=O)[nH]1. The fourth-order valence-electron chi connectivity index (χ4n) is 5.08. The molecule has 6 rings (SSSR count). The van der Waals surface area contributed by atoms with E-state index >= 15 is 4.39 Å². The molecule has 1 unspecified atom stereocenters. The molecular formula is C21H27FN11O8PS. The topological polar surface area (TPSA) is 283 Å². The molecule has 0 radical (unpaired) electrons. The van der Waals surface area contributed by atoms with Gasteiger partial charge in [0.2, 0.25) is 5.95 Å². The second kappa shape index (κ2) is 11.4. The third kappa shape index (κ3) is 5.37. The number of imidazole rings is 2. The number of alkyl halides is 1. The molecule has 22 heteroatoms. The minimum absolute atomic E-state index is 0.0434. The highest BCUT2D eigenvalue weighted by Crippen LogP contribution is 2.50. The van der Waals surface area contributed by atoms with Crippen LogP contribution in [0.2, 0.25) is 0 Å². The van der Waals surface area contributed by atoms with Gasteiger partial charge in [0.05, 0.1) is 38.0 Å². The van der Waals surface area contributed by atoms with Crippen molar-refractivity contribution < 1.29 is 38.0 Å². The zero-order chi connectivity index (χ0) is 30.6. The highest BCUT2D eigenvalue weighted by Gasteiger charge is 2.50. The third-order valence-corrected chi connectivity index (χ3v) is 8.77. The summed E-state index contributed by atoms with van der Waals surface area (Å²) in [5.41, 5.74) is 17.6. The second-order valence-electron chi connectivity index (χ2n) is 9.84. The predicted octanol–water partition coefficient (Wildman–Crippen LogP) is -2.05. The molecule has 0 amide bonds. The molecule has 232 valence electrons. The van der Waals surface area contributed by atoms with E-state index in [1.54, 1.807) is 0 Å². The van der Waals surface area contributed by atoms with Gasteiger partial charge < -0.3 is 46.3 Å². The van der Waals surface area contributed by atoms with Crippen LogP contribution in [0.5, 0.6) is 0 Å². The van der Waals surface area contributed by atoms with Crippen molar-refractivity contribution in [2.24, 2.45) is 5.73 Å². The number of H-pyrrole nitrogens is 1. The lowest BCUT2D eigenvalue weighted by molar-refractivity contribution is -0.0490. The van der Waals surface area contributed by atoms with Gasteiger partial charge in [-0.25, -0.2) is 24.3 Å². The molecule has 19 nitrogen and oxygen atoms in total. The minimum atomic E-state index is -4.15. The van der Waals surface area contributed by atoms with Crippen molar-refractivity contribution in [1.29, 1.82) is 0 Å². The number of hydrogen-bond donors (Lipinski definition) is 7. The van der Waals surface area contributed by atoms with E-state index in [0.29, 0.717) is 11.2 Å². The lowest BCUT2D eigenvalue weighted by Gasteiger charge is -2.26. The van der Waals surface area contributed by atoms with Gasteiger partial charge in [0.1, 0.15) is 30.2 Å². The average molecular weight is 644 g/mol. The number of nitrogens with one attached hydrogen (secondary N) is 1. The number of aromatic nitrogens is 8. The summed E-state index contributed by atoms with van der Waals surface area (Å²) < 4.78 is 40.5. The van der Waals surface area contributed by atoms with Crippen molar-refractivity contribution in [3.05, 3.63) is 29.3 Å². The average Bonchev–Trinajstić information content (AvgIpc) is 3.71. The van der Waals surface area contributed by atoms with Crippen LogP contribution in [0.15, 0.2) is 23.8 Å². The van der Waals surface area contributed by atoms with Crippen LogP contribution in [0.4, 0.5) is 16.2 Å². The first-order chi connectivity index (χ1) is 20.5. The highest BCUT2D eigenvalue weighted by atomic mass is 32.5. The van der Waals surface area contributed by atoms with E-state index in [1.165, 1.54) is 21.8 Å².